The summed E-state index contributed by atoms with van der Waals surface area (Å²) in [5.74, 6) is -0.221. The van der Waals surface area contributed by atoms with Gasteiger partial charge in [0.2, 0.25) is 0 Å². The van der Waals surface area contributed by atoms with Gasteiger partial charge >= 0.3 is 5.97 Å². The first-order valence-corrected chi connectivity index (χ1v) is 6.19. The first kappa shape index (κ1) is 13.5. The maximum atomic E-state index is 11.6. The molecule has 0 amide bonds. The summed E-state index contributed by atoms with van der Waals surface area (Å²) >= 11 is 0. The summed E-state index contributed by atoms with van der Waals surface area (Å²) in [6, 6.07) is -0.336. The Balaban J connectivity index is 2.42. The van der Waals surface area contributed by atoms with Crippen LogP contribution in [-0.4, -0.2) is 35.9 Å². The van der Waals surface area contributed by atoms with Crippen LogP contribution in [0.1, 0.15) is 46.0 Å². The largest absolute Gasteiger partial charge is 0.465 e. The summed E-state index contributed by atoms with van der Waals surface area (Å²) < 4.78 is 5.07. The van der Waals surface area contributed by atoms with Gasteiger partial charge in [-0.15, -0.1) is 0 Å². The zero-order valence-corrected chi connectivity index (χ0v) is 10.3. The van der Waals surface area contributed by atoms with Crippen LogP contribution in [0.4, 0.5) is 0 Å². The third-order valence-corrected chi connectivity index (χ3v) is 3.19. The number of esters is 1. The van der Waals surface area contributed by atoms with Gasteiger partial charge < -0.3 is 9.84 Å². The van der Waals surface area contributed by atoms with Crippen molar-refractivity contribution in [1.29, 1.82) is 0 Å². The van der Waals surface area contributed by atoms with Gasteiger partial charge in [-0.05, 0) is 26.2 Å². The Labute approximate surface area is 97.4 Å². The summed E-state index contributed by atoms with van der Waals surface area (Å²) in [5, 5.41) is 12.6. The third kappa shape index (κ3) is 3.46. The van der Waals surface area contributed by atoms with Crippen molar-refractivity contribution in [3.8, 4) is 0 Å². The van der Waals surface area contributed by atoms with Crippen LogP contribution in [0.15, 0.2) is 0 Å². The Morgan fingerprint density at radius 3 is 2.62 bits per heavy atom. The molecule has 16 heavy (non-hydrogen) atoms. The van der Waals surface area contributed by atoms with Crippen LogP contribution in [0.2, 0.25) is 0 Å². The van der Waals surface area contributed by atoms with Gasteiger partial charge in [0.05, 0.1) is 13.2 Å². The van der Waals surface area contributed by atoms with Gasteiger partial charge in [-0.2, -0.15) is 0 Å². The predicted octanol–water partition coefficient (Wildman–Crippen LogP) is 1.22. The van der Waals surface area contributed by atoms with E-state index in [1.54, 1.807) is 6.92 Å². The molecule has 1 saturated carbocycles. The van der Waals surface area contributed by atoms with E-state index in [4.69, 9.17) is 4.74 Å². The highest BCUT2D eigenvalue weighted by atomic mass is 16.5. The molecule has 1 rings (SSSR count). The van der Waals surface area contributed by atoms with E-state index in [0.29, 0.717) is 6.61 Å². The van der Waals surface area contributed by atoms with Crippen LogP contribution >= 0.6 is 0 Å². The van der Waals surface area contributed by atoms with Crippen LogP contribution in [0.3, 0.4) is 0 Å². The second-order valence-electron chi connectivity index (χ2n) is 4.68. The van der Waals surface area contributed by atoms with Crippen molar-refractivity contribution in [2.24, 2.45) is 0 Å². The van der Waals surface area contributed by atoms with E-state index in [0.717, 1.165) is 32.1 Å². The number of ether oxygens (including phenoxy) is 1. The SMILES string of the molecule is CCCOC(=O)C(C)NC1(CO)CCCC1. The number of aliphatic hydroxyl groups is 1. The minimum atomic E-state index is -0.336. The standard InChI is InChI=1S/C12H23NO3/c1-3-8-16-11(15)10(2)13-12(9-14)6-4-5-7-12/h10,13-14H,3-9H2,1-2H3. The lowest BCUT2D eigenvalue weighted by Crippen LogP contribution is -2.53. The molecule has 0 aromatic heterocycles. The lowest BCUT2D eigenvalue weighted by atomic mass is 9.98. The lowest BCUT2D eigenvalue weighted by Gasteiger charge is -2.30. The molecule has 1 atom stereocenters. The molecule has 0 radical (unpaired) electrons. The molecule has 4 nitrogen and oxygen atoms in total. The maximum Gasteiger partial charge on any atom is 0.322 e. The molecule has 94 valence electrons. The summed E-state index contributed by atoms with van der Waals surface area (Å²) in [6.45, 7) is 4.33. The molecule has 1 fully saturated rings. The fourth-order valence-corrected chi connectivity index (χ4v) is 2.25. The number of nitrogens with one attached hydrogen (secondary N) is 1. The Morgan fingerprint density at radius 1 is 1.50 bits per heavy atom. The van der Waals surface area contributed by atoms with Gasteiger partial charge in [-0.1, -0.05) is 19.8 Å². The Bertz CT molecular complexity index is 224. The van der Waals surface area contributed by atoms with Crippen molar-refractivity contribution in [2.75, 3.05) is 13.2 Å². The Morgan fingerprint density at radius 2 is 2.12 bits per heavy atom. The highest BCUT2D eigenvalue weighted by Gasteiger charge is 2.35. The minimum absolute atomic E-state index is 0.0956. The van der Waals surface area contributed by atoms with E-state index in [9.17, 15) is 9.90 Å². The van der Waals surface area contributed by atoms with Gasteiger partial charge in [0.1, 0.15) is 6.04 Å². The highest BCUT2D eigenvalue weighted by Crippen LogP contribution is 2.29. The minimum Gasteiger partial charge on any atom is -0.465 e. The van der Waals surface area contributed by atoms with Crippen LogP contribution in [0, 0.1) is 0 Å². The highest BCUT2D eigenvalue weighted by molar-refractivity contribution is 5.75. The van der Waals surface area contributed by atoms with Crippen molar-refractivity contribution in [1.82, 2.24) is 5.32 Å². The Hall–Kier alpha value is -0.610. The van der Waals surface area contributed by atoms with Gasteiger partial charge in [0.25, 0.3) is 0 Å². The molecule has 4 heteroatoms. The molecule has 0 heterocycles. The lowest BCUT2D eigenvalue weighted by molar-refractivity contribution is -0.146. The summed E-state index contributed by atoms with van der Waals surface area (Å²) in [6.07, 6.45) is 4.95. The molecule has 0 spiro atoms. The molecule has 1 aliphatic rings. The Kier molecular flexibility index (Phi) is 5.22. The average molecular weight is 229 g/mol. The molecular weight excluding hydrogens is 206 g/mol. The van der Waals surface area contributed by atoms with E-state index in [1.807, 2.05) is 6.92 Å². The van der Waals surface area contributed by atoms with Crippen LogP contribution < -0.4 is 5.32 Å². The molecular formula is C12H23NO3. The van der Waals surface area contributed by atoms with Crippen molar-refractivity contribution < 1.29 is 14.6 Å². The molecule has 0 saturated heterocycles. The topological polar surface area (TPSA) is 58.6 Å². The van der Waals surface area contributed by atoms with Crippen molar-refractivity contribution in [2.45, 2.75) is 57.5 Å². The van der Waals surface area contributed by atoms with E-state index in [2.05, 4.69) is 5.32 Å². The van der Waals surface area contributed by atoms with Gasteiger partial charge in [0.15, 0.2) is 0 Å². The van der Waals surface area contributed by atoms with E-state index >= 15 is 0 Å². The quantitative estimate of drug-likeness (QED) is 0.672. The molecule has 0 bridgehead atoms. The molecule has 1 unspecified atom stereocenters. The summed E-state index contributed by atoms with van der Waals surface area (Å²) in [4.78, 5) is 11.6. The molecule has 0 aliphatic heterocycles. The fourth-order valence-electron chi connectivity index (χ4n) is 2.25. The predicted molar refractivity (Wildman–Crippen MR) is 62.1 cm³/mol. The van der Waals surface area contributed by atoms with E-state index in [1.165, 1.54) is 0 Å². The van der Waals surface area contributed by atoms with Crippen molar-refractivity contribution >= 4 is 5.97 Å². The zero-order chi connectivity index (χ0) is 12.0. The van der Waals surface area contributed by atoms with Crippen LogP contribution in [0.25, 0.3) is 0 Å². The van der Waals surface area contributed by atoms with Gasteiger partial charge in [-0.25, -0.2) is 0 Å². The van der Waals surface area contributed by atoms with Crippen molar-refractivity contribution in [3.63, 3.8) is 0 Å². The molecule has 0 aromatic rings. The smallest absolute Gasteiger partial charge is 0.322 e. The summed E-state index contributed by atoms with van der Waals surface area (Å²) in [5.41, 5.74) is -0.259. The van der Waals surface area contributed by atoms with Crippen LogP contribution in [-0.2, 0) is 9.53 Å². The normalized spacial score (nSPS) is 20.7. The first-order chi connectivity index (χ1) is 7.63. The average Bonchev–Trinajstić information content (AvgIpc) is 2.75. The molecule has 0 aromatic carbocycles. The third-order valence-electron chi connectivity index (χ3n) is 3.19. The second kappa shape index (κ2) is 6.21. The van der Waals surface area contributed by atoms with E-state index in [-0.39, 0.29) is 24.2 Å². The second-order valence-corrected chi connectivity index (χ2v) is 4.68. The fraction of sp³-hybridized carbons (Fsp3) is 0.917. The number of carbonyl (C=O) groups is 1. The molecule has 2 N–H and O–H groups in total. The number of hydrogen-bond acceptors (Lipinski definition) is 4. The number of carbonyl (C=O) groups excluding carboxylic acids is 1. The summed E-state index contributed by atoms with van der Waals surface area (Å²) in [7, 11) is 0. The zero-order valence-electron chi connectivity index (χ0n) is 10.3. The van der Waals surface area contributed by atoms with Gasteiger partial charge in [-0.3, -0.25) is 10.1 Å². The van der Waals surface area contributed by atoms with Crippen molar-refractivity contribution in [3.05, 3.63) is 0 Å². The van der Waals surface area contributed by atoms with Crippen LogP contribution in [0.5, 0.6) is 0 Å². The van der Waals surface area contributed by atoms with E-state index < -0.39 is 0 Å². The number of aliphatic hydroxyl groups excluding tert-OH is 1. The monoisotopic (exact) mass is 229 g/mol. The van der Waals surface area contributed by atoms with Gasteiger partial charge in [0, 0.05) is 5.54 Å². The number of hydrogen-bond donors (Lipinski definition) is 2. The maximum absolute atomic E-state index is 11.6. The first-order valence-electron chi connectivity index (χ1n) is 6.19. The number of rotatable bonds is 6. The molecule has 1 aliphatic carbocycles.